The topological polar surface area (TPSA) is 144 Å². The predicted molar refractivity (Wildman–Crippen MR) is 131 cm³/mol. The average molecular weight is 612 g/mol. The smallest absolute Gasteiger partial charge is 0.348 e. The van der Waals surface area contributed by atoms with Crippen molar-refractivity contribution in [2.75, 3.05) is 88.3 Å². The van der Waals surface area contributed by atoms with Gasteiger partial charge < -0.3 is 43.6 Å². The van der Waals surface area contributed by atoms with Gasteiger partial charge in [-0.25, -0.2) is 19.9 Å². The second-order valence-corrected chi connectivity index (χ2v) is 10.3. The Morgan fingerprint density at radius 3 is 1.24 bits per heavy atom. The van der Waals surface area contributed by atoms with Gasteiger partial charge in [0.25, 0.3) is 0 Å². The summed E-state index contributed by atoms with van der Waals surface area (Å²) >= 11 is 11.9. The Hall–Kier alpha value is -2.36. The summed E-state index contributed by atoms with van der Waals surface area (Å²) in [4.78, 5) is 41.7. The number of rotatable bonds is 4. The molecule has 0 aromatic carbocycles. The Labute approximate surface area is 240 Å². The molecule has 2 spiro atoms. The van der Waals surface area contributed by atoms with Gasteiger partial charge in [-0.3, -0.25) is 20.2 Å². The van der Waals surface area contributed by atoms with Crippen molar-refractivity contribution >= 4 is 46.2 Å². The van der Waals surface area contributed by atoms with E-state index < -0.39 is 9.85 Å². The van der Waals surface area contributed by atoms with E-state index in [2.05, 4.69) is 19.9 Å². The number of piperazine rings is 3. The van der Waals surface area contributed by atoms with Crippen LogP contribution in [0.15, 0.2) is 12.7 Å². The lowest BCUT2D eigenvalue weighted by Crippen LogP contribution is -3.00. The van der Waals surface area contributed by atoms with E-state index in [4.69, 9.17) is 23.2 Å². The average Bonchev–Trinajstić information content (AvgIpc) is 2.86. The van der Waals surface area contributed by atoms with Gasteiger partial charge in [0.15, 0.2) is 0 Å². The molecule has 5 rings (SSSR count). The molecule has 18 heteroatoms. The highest BCUT2D eigenvalue weighted by atomic mass is 35.5. The van der Waals surface area contributed by atoms with Crippen LogP contribution in [0.5, 0.6) is 0 Å². The molecule has 0 aliphatic carbocycles. The van der Waals surface area contributed by atoms with Crippen LogP contribution in [0.3, 0.4) is 0 Å². The molecule has 0 saturated carbocycles. The van der Waals surface area contributed by atoms with E-state index in [1.54, 1.807) is 0 Å². The first-order valence-electron chi connectivity index (χ1n) is 11.7. The number of nitro groups is 2. The maximum absolute atomic E-state index is 11.5. The van der Waals surface area contributed by atoms with Crippen LogP contribution in [0.25, 0.3) is 0 Å². The van der Waals surface area contributed by atoms with E-state index in [-0.39, 0.29) is 58.1 Å². The summed E-state index contributed by atoms with van der Waals surface area (Å²) in [6.45, 7) is 10.3. The molecule has 3 fully saturated rings. The highest BCUT2D eigenvalue weighted by molar-refractivity contribution is 6.32. The molecule has 5 heterocycles. The molecule has 208 valence electrons. The lowest BCUT2D eigenvalue weighted by atomic mass is 10.1. The van der Waals surface area contributed by atoms with Crippen molar-refractivity contribution in [3.8, 4) is 0 Å². The van der Waals surface area contributed by atoms with Crippen molar-refractivity contribution in [3.05, 3.63) is 43.2 Å². The Bertz CT molecular complexity index is 1090. The van der Waals surface area contributed by atoms with E-state index in [0.29, 0.717) is 26.2 Å². The second kappa shape index (κ2) is 11.8. The van der Waals surface area contributed by atoms with Gasteiger partial charge in [0, 0.05) is 0 Å². The van der Waals surface area contributed by atoms with Gasteiger partial charge in [0.1, 0.15) is 38.8 Å². The molecular formula is C20H26Cl4N10O4. The Balaban J connectivity index is 0.00000200. The molecule has 3 aliphatic heterocycles. The number of aromatic nitrogens is 4. The molecule has 0 bridgehead atoms. The van der Waals surface area contributed by atoms with Crippen molar-refractivity contribution in [1.29, 1.82) is 0 Å². The van der Waals surface area contributed by atoms with Crippen LogP contribution in [0.2, 0.25) is 10.3 Å². The Morgan fingerprint density at radius 2 is 0.947 bits per heavy atom. The Kier molecular flexibility index (Phi) is 9.37. The van der Waals surface area contributed by atoms with Gasteiger partial charge in [-0.05, 0) is 0 Å². The summed E-state index contributed by atoms with van der Waals surface area (Å²) in [5.41, 5.74) is -0.474. The number of hydrogen-bond donors (Lipinski definition) is 0. The molecule has 14 nitrogen and oxygen atoms in total. The molecule has 0 radical (unpaired) electrons. The van der Waals surface area contributed by atoms with E-state index in [1.165, 1.54) is 12.7 Å². The maximum Gasteiger partial charge on any atom is 0.348 e. The van der Waals surface area contributed by atoms with Crippen LogP contribution in [-0.2, 0) is 0 Å². The molecule has 2 aromatic rings. The van der Waals surface area contributed by atoms with Crippen LogP contribution in [0.1, 0.15) is 0 Å². The third-order valence-electron chi connectivity index (χ3n) is 7.96. The molecule has 0 unspecified atom stereocenters. The molecule has 3 aliphatic rings. The van der Waals surface area contributed by atoms with Crippen molar-refractivity contribution in [2.24, 2.45) is 0 Å². The summed E-state index contributed by atoms with van der Waals surface area (Å²) in [7, 11) is 0. The largest absolute Gasteiger partial charge is 1.00 e. The third-order valence-corrected chi connectivity index (χ3v) is 8.51. The third kappa shape index (κ3) is 5.65. The number of anilines is 2. The fourth-order valence-electron chi connectivity index (χ4n) is 5.64. The molecule has 0 N–H and O–H groups in total. The quantitative estimate of drug-likeness (QED) is 0.143. The minimum atomic E-state index is -0.519. The number of nitrogens with zero attached hydrogens (tertiary/aromatic N) is 10. The highest BCUT2D eigenvalue weighted by Crippen LogP contribution is 2.35. The minimum absolute atomic E-state index is 0. The van der Waals surface area contributed by atoms with Gasteiger partial charge in [0.05, 0.1) is 62.2 Å². The summed E-state index contributed by atoms with van der Waals surface area (Å²) in [6.07, 6.45) is 2.53. The van der Waals surface area contributed by atoms with E-state index in [9.17, 15) is 20.2 Å². The van der Waals surface area contributed by atoms with Crippen molar-refractivity contribution in [3.63, 3.8) is 0 Å². The van der Waals surface area contributed by atoms with E-state index in [0.717, 1.165) is 61.3 Å². The van der Waals surface area contributed by atoms with Gasteiger partial charge in [-0.2, -0.15) is 0 Å². The summed E-state index contributed by atoms with van der Waals surface area (Å²) in [5.74, 6) is 0.571. The fraction of sp³-hybridized carbons (Fsp3) is 0.600. The van der Waals surface area contributed by atoms with Crippen LogP contribution in [0, 0.1) is 20.2 Å². The van der Waals surface area contributed by atoms with Crippen LogP contribution >= 0.6 is 23.2 Å². The van der Waals surface area contributed by atoms with Crippen LogP contribution < -0.4 is 34.6 Å². The zero-order valence-corrected chi connectivity index (χ0v) is 23.3. The lowest BCUT2D eigenvalue weighted by molar-refractivity contribution is -1.03. The first kappa shape index (κ1) is 30.2. The molecule has 2 aromatic heterocycles. The molecule has 0 amide bonds. The number of hydrogen-bond acceptors (Lipinski definition) is 10. The second-order valence-electron chi connectivity index (χ2n) is 9.63. The highest BCUT2D eigenvalue weighted by Gasteiger charge is 2.46. The standard InChI is InChI=1S/C20H26Cl2N10O4.2ClH/c21-17-15(29(33)34)19(25-13-23-17)27-1-5-31(6-2-27)9-11-32(12-10-31)7-3-28(4-8-32)20-16(30(35)36)18(22)24-14-26-20;;/h13-14H,1-12H2;2*1H/q+2;;/p-2. The fourth-order valence-corrected chi connectivity index (χ4v) is 6.04. The number of halogens is 4. The van der Waals surface area contributed by atoms with Crippen LogP contribution in [0.4, 0.5) is 23.0 Å². The first-order valence-corrected chi connectivity index (χ1v) is 12.5. The summed E-state index contributed by atoms with van der Waals surface area (Å²) in [5, 5.41) is 22.7. The van der Waals surface area contributed by atoms with Crippen molar-refractivity contribution < 1.29 is 43.6 Å². The van der Waals surface area contributed by atoms with Crippen LogP contribution in [-0.4, -0.2) is 117 Å². The SMILES string of the molecule is O=[N+]([O-])c1c(Cl)ncnc1N1CC[N+]2(CC1)CC[N+]1(CCN(c3ncnc(Cl)c3[N+](=O)[O-])CC1)CC2.[Cl-].[Cl-]. The van der Waals surface area contributed by atoms with Gasteiger partial charge in [-0.15, -0.1) is 0 Å². The lowest BCUT2D eigenvalue weighted by Gasteiger charge is -2.54. The molecule has 3 saturated heterocycles. The number of quaternary nitrogens is 2. The van der Waals surface area contributed by atoms with Crippen molar-refractivity contribution in [1.82, 2.24) is 19.9 Å². The monoisotopic (exact) mass is 610 g/mol. The van der Waals surface area contributed by atoms with Gasteiger partial charge >= 0.3 is 11.4 Å². The summed E-state index contributed by atoms with van der Waals surface area (Å²) in [6, 6.07) is 0. The predicted octanol–water partition coefficient (Wildman–Crippen LogP) is -4.61. The minimum Gasteiger partial charge on any atom is -1.00 e. The van der Waals surface area contributed by atoms with Gasteiger partial charge in [-0.1, -0.05) is 23.2 Å². The molecule has 38 heavy (non-hydrogen) atoms. The normalized spacial score (nSPS) is 19.9. The van der Waals surface area contributed by atoms with Crippen molar-refractivity contribution in [2.45, 2.75) is 0 Å². The molecule has 0 atom stereocenters. The van der Waals surface area contributed by atoms with Gasteiger partial charge in [0.2, 0.25) is 21.9 Å². The zero-order chi connectivity index (χ0) is 25.5. The maximum atomic E-state index is 11.5. The Morgan fingerprint density at radius 1 is 0.632 bits per heavy atom. The zero-order valence-electron chi connectivity index (χ0n) is 20.3. The molecular weight excluding hydrogens is 586 g/mol. The van der Waals surface area contributed by atoms with E-state index in [1.807, 2.05) is 9.80 Å². The first-order chi connectivity index (χ1) is 17.2. The van der Waals surface area contributed by atoms with E-state index >= 15 is 0 Å². The summed E-state index contributed by atoms with van der Waals surface area (Å²) < 4.78 is 1.97.